The number of likely N-dealkylation sites (N-methyl/N-ethyl adjacent to an activating group) is 1. The molecule has 1 aliphatic heterocycles. The summed E-state index contributed by atoms with van der Waals surface area (Å²) in [6, 6.07) is 10.2. The van der Waals surface area contributed by atoms with E-state index in [9.17, 15) is 4.79 Å². The van der Waals surface area contributed by atoms with Gasteiger partial charge in [-0.25, -0.2) is 4.79 Å². The van der Waals surface area contributed by atoms with E-state index in [0.29, 0.717) is 19.2 Å². The molecule has 0 radical (unpaired) electrons. The fourth-order valence-corrected chi connectivity index (χ4v) is 2.78. The summed E-state index contributed by atoms with van der Waals surface area (Å²) in [5.41, 5.74) is 6.65. The fourth-order valence-electron chi connectivity index (χ4n) is 2.78. The summed E-state index contributed by atoms with van der Waals surface area (Å²) in [7, 11) is 0. The van der Waals surface area contributed by atoms with Gasteiger partial charge < -0.3 is 15.4 Å². The average molecular weight is 291 g/mol. The van der Waals surface area contributed by atoms with Gasteiger partial charge in [0.15, 0.2) is 0 Å². The highest BCUT2D eigenvalue weighted by atomic mass is 16.6. The molecule has 0 bridgehead atoms. The predicted molar refractivity (Wildman–Crippen MR) is 82.9 cm³/mol. The van der Waals surface area contributed by atoms with Gasteiger partial charge in [-0.05, 0) is 18.5 Å². The molecule has 2 rings (SSSR count). The van der Waals surface area contributed by atoms with E-state index in [4.69, 9.17) is 10.5 Å². The van der Waals surface area contributed by atoms with Crippen LogP contribution < -0.4 is 5.73 Å². The molecule has 1 aromatic rings. The van der Waals surface area contributed by atoms with Gasteiger partial charge in [0.2, 0.25) is 0 Å². The van der Waals surface area contributed by atoms with Crippen LogP contribution in [0, 0.1) is 0 Å². The number of hydrogen-bond acceptors (Lipinski definition) is 4. The molecule has 2 N–H and O–H groups in total. The van der Waals surface area contributed by atoms with Gasteiger partial charge >= 0.3 is 6.09 Å². The normalized spacial score (nSPS) is 18.2. The molecular weight excluding hydrogens is 266 g/mol. The zero-order valence-electron chi connectivity index (χ0n) is 12.7. The van der Waals surface area contributed by atoms with Crippen molar-refractivity contribution >= 4 is 6.09 Å². The lowest BCUT2D eigenvalue weighted by Crippen LogP contribution is -2.41. The average Bonchev–Trinajstić information content (AvgIpc) is 3.01. The minimum atomic E-state index is -0.217. The van der Waals surface area contributed by atoms with Gasteiger partial charge in [0, 0.05) is 32.2 Å². The third-order valence-electron chi connectivity index (χ3n) is 3.97. The molecule has 0 aliphatic carbocycles. The molecule has 116 valence electrons. The minimum absolute atomic E-state index is 0.217. The van der Waals surface area contributed by atoms with Crippen LogP contribution in [0.5, 0.6) is 0 Å². The lowest BCUT2D eigenvalue weighted by molar-refractivity contribution is 0.100. The molecule has 1 aromatic carbocycles. The molecule has 0 unspecified atom stereocenters. The second-order valence-corrected chi connectivity index (χ2v) is 5.35. The maximum Gasteiger partial charge on any atom is 0.410 e. The Morgan fingerprint density at radius 2 is 2.19 bits per heavy atom. The third-order valence-corrected chi connectivity index (χ3v) is 3.97. The number of carbonyl (C=O) groups excluding carboxylic acids is 1. The Labute approximate surface area is 126 Å². The van der Waals surface area contributed by atoms with Crippen molar-refractivity contribution in [2.75, 3.05) is 32.7 Å². The van der Waals surface area contributed by atoms with Crippen LogP contribution in [0.1, 0.15) is 18.9 Å². The van der Waals surface area contributed by atoms with Crippen LogP contribution in [0.25, 0.3) is 0 Å². The molecule has 5 heteroatoms. The van der Waals surface area contributed by atoms with Gasteiger partial charge in [-0.15, -0.1) is 0 Å². The van der Waals surface area contributed by atoms with E-state index in [1.807, 2.05) is 30.3 Å². The molecule has 1 amide bonds. The van der Waals surface area contributed by atoms with Crippen molar-refractivity contribution in [1.29, 1.82) is 0 Å². The molecule has 1 fully saturated rings. The molecular formula is C16H25N3O2. The maximum atomic E-state index is 12.1. The van der Waals surface area contributed by atoms with E-state index >= 15 is 0 Å². The first-order valence-electron chi connectivity index (χ1n) is 7.64. The van der Waals surface area contributed by atoms with Crippen molar-refractivity contribution < 1.29 is 9.53 Å². The topological polar surface area (TPSA) is 58.8 Å². The first-order valence-corrected chi connectivity index (χ1v) is 7.64. The van der Waals surface area contributed by atoms with Crippen molar-refractivity contribution in [1.82, 2.24) is 9.80 Å². The van der Waals surface area contributed by atoms with Gasteiger partial charge in [-0.2, -0.15) is 0 Å². The SMILES string of the molecule is CCN(CCN)[C@H]1CCN(C(=O)OCc2ccccc2)C1. The summed E-state index contributed by atoms with van der Waals surface area (Å²) >= 11 is 0. The summed E-state index contributed by atoms with van der Waals surface area (Å²) in [6.45, 7) is 6.47. The van der Waals surface area contributed by atoms with E-state index in [1.165, 1.54) is 0 Å². The Morgan fingerprint density at radius 3 is 2.86 bits per heavy atom. The van der Waals surface area contributed by atoms with E-state index < -0.39 is 0 Å². The maximum absolute atomic E-state index is 12.1. The Hall–Kier alpha value is -1.59. The molecule has 21 heavy (non-hydrogen) atoms. The summed E-state index contributed by atoms with van der Waals surface area (Å²) < 4.78 is 5.38. The fraction of sp³-hybridized carbons (Fsp3) is 0.562. The van der Waals surface area contributed by atoms with Crippen molar-refractivity contribution in [3.05, 3.63) is 35.9 Å². The smallest absolute Gasteiger partial charge is 0.410 e. The Morgan fingerprint density at radius 1 is 1.43 bits per heavy atom. The van der Waals surface area contributed by atoms with Crippen LogP contribution in [0.15, 0.2) is 30.3 Å². The van der Waals surface area contributed by atoms with Crippen molar-refractivity contribution in [3.63, 3.8) is 0 Å². The van der Waals surface area contributed by atoms with E-state index in [0.717, 1.165) is 38.2 Å². The molecule has 5 nitrogen and oxygen atoms in total. The van der Waals surface area contributed by atoms with Gasteiger partial charge in [-0.1, -0.05) is 37.3 Å². The van der Waals surface area contributed by atoms with Crippen LogP contribution >= 0.6 is 0 Å². The van der Waals surface area contributed by atoms with Crippen molar-refractivity contribution in [2.24, 2.45) is 5.73 Å². The monoisotopic (exact) mass is 291 g/mol. The molecule has 0 saturated carbocycles. The third kappa shape index (κ3) is 4.44. The molecule has 1 atom stereocenters. The summed E-state index contributed by atoms with van der Waals surface area (Å²) in [5, 5.41) is 0. The highest BCUT2D eigenvalue weighted by Gasteiger charge is 2.30. The van der Waals surface area contributed by atoms with Crippen molar-refractivity contribution in [2.45, 2.75) is 26.0 Å². The predicted octanol–water partition coefficient (Wildman–Crippen LogP) is 1.68. The van der Waals surface area contributed by atoms with Gasteiger partial charge in [0.1, 0.15) is 6.61 Å². The summed E-state index contributed by atoms with van der Waals surface area (Å²) in [5.74, 6) is 0. The second kappa shape index (κ2) is 8.00. The second-order valence-electron chi connectivity index (χ2n) is 5.35. The number of rotatable bonds is 6. The van der Waals surface area contributed by atoms with Crippen LogP contribution in [0.4, 0.5) is 4.79 Å². The van der Waals surface area contributed by atoms with Gasteiger partial charge in [0.05, 0.1) is 0 Å². The quantitative estimate of drug-likeness (QED) is 0.866. The highest BCUT2D eigenvalue weighted by Crippen LogP contribution is 2.16. The number of likely N-dealkylation sites (tertiary alicyclic amines) is 1. The Balaban J connectivity index is 1.79. The lowest BCUT2D eigenvalue weighted by atomic mass is 10.2. The Kier molecular flexibility index (Phi) is 6.02. The van der Waals surface area contributed by atoms with Crippen LogP contribution in [-0.2, 0) is 11.3 Å². The first kappa shape index (κ1) is 15.8. The zero-order chi connectivity index (χ0) is 15.1. The van der Waals surface area contributed by atoms with E-state index in [-0.39, 0.29) is 6.09 Å². The van der Waals surface area contributed by atoms with Crippen molar-refractivity contribution in [3.8, 4) is 0 Å². The zero-order valence-corrected chi connectivity index (χ0v) is 12.7. The van der Waals surface area contributed by atoms with Gasteiger partial charge in [0.25, 0.3) is 0 Å². The number of nitrogens with two attached hydrogens (primary N) is 1. The standard InChI is InChI=1S/C16H25N3O2/c1-2-18(11-9-17)15-8-10-19(12-15)16(20)21-13-14-6-4-3-5-7-14/h3-7,15H,2,8-13,17H2,1H3/t15-/m0/s1. The molecule has 1 aliphatic rings. The number of ether oxygens (including phenoxy) is 1. The minimum Gasteiger partial charge on any atom is -0.445 e. The lowest BCUT2D eigenvalue weighted by Gasteiger charge is -2.26. The largest absolute Gasteiger partial charge is 0.445 e. The van der Waals surface area contributed by atoms with Gasteiger partial charge in [-0.3, -0.25) is 4.90 Å². The number of amides is 1. The summed E-state index contributed by atoms with van der Waals surface area (Å²) in [4.78, 5) is 16.2. The molecule has 1 saturated heterocycles. The van der Waals surface area contributed by atoms with E-state index in [1.54, 1.807) is 4.90 Å². The number of nitrogens with zero attached hydrogens (tertiary/aromatic N) is 2. The molecule has 0 aromatic heterocycles. The van der Waals surface area contributed by atoms with Crippen LogP contribution in [-0.4, -0.2) is 54.7 Å². The molecule has 1 heterocycles. The molecule has 0 spiro atoms. The number of benzene rings is 1. The highest BCUT2D eigenvalue weighted by molar-refractivity contribution is 5.68. The first-order chi connectivity index (χ1) is 10.2. The summed E-state index contributed by atoms with van der Waals surface area (Å²) in [6.07, 6.45) is 0.777. The van der Waals surface area contributed by atoms with Crippen LogP contribution in [0.2, 0.25) is 0 Å². The van der Waals surface area contributed by atoms with Crippen LogP contribution in [0.3, 0.4) is 0 Å². The Bertz CT molecular complexity index is 438. The van der Waals surface area contributed by atoms with E-state index in [2.05, 4.69) is 11.8 Å². The number of carbonyl (C=O) groups is 1. The number of hydrogen-bond donors (Lipinski definition) is 1.